The van der Waals surface area contributed by atoms with Crippen LogP contribution in [0.15, 0.2) is 24.5 Å². The second-order valence-electron chi connectivity index (χ2n) is 7.47. The zero-order chi connectivity index (χ0) is 17.1. The molecule has 0 aliphatic carbocycles. The summed E-state index contributed by atoms with van der Waals surface area (Å²) in [5, 5.41) is 0. The van der Waals surface area contributed by atoms with Gasteiger partial charge in [-0.05, 0) is 30.9 Å². The molecule has 1 amide bonds. The van der Waals surface area contributed by atoms with Gasteiger partial charge in [0.05, 0.1) is 31.3 Å². The molecule has 1 spiro atoms. The Morgan fingerprint density at radius 1 is 1.24 bits per heavy atom. The number of piperidine rings is 1. The van der Waals surface area contributed by atoms with E-state index in [2.05, 4.69) is 16.0 Å². The van der Waals surface area contributed by atoms with E-state index in [1.165, 1.54) is 5.56 Å². The summed E-state index contributed by atoms with van der Waals surface area (Å²) in [6, 6.07) is 4.11. The van der Waals surface area contributed by atoms with Crippen molar-refractivity contribution in [3.8, 4) is 0 Å². The number of morpholine rings is 1. The van der Waals surface area contributed by atoms with E-state index in [-0.39, 0.29) is 17.4 Å². The van der Waals surface area contributed by atoms with Gasteiger partial charge >= 0.3 is 0 Å². The van der Waals surface area contributed by atoms with Crippen LogP contribution >= 0.6 is 0 Å². The summed E-state index contributed by atoms with van der Waals surface area (Å²) in [5.74, 6) is 0.293. The van der Waals surface area contributed by atoms with Gasteiger partial charge in [0.2, 0.25) is 5.91 Å². The molecule has 25 heavy (non-hydrogen) atoms. The van der Waals surface area contributed by atoms with Crippen molar-refractivity contribution in [1.29, 1.82) is 0 Å². The van der Waals surface area contributed by atoms with Crippen molar-refractivity contribution in [1.82, 2.24) is 14.8 Å². The third-order valence-corrected chi connectivity index (χ3v) is 5.78. The van der Waals surface area contributed by atoms with E-state index in [1.807, 2.05) is 23.4 Å². The molecule has 1 aromatic rings. The van der Waals surface area contributed by atoms with Gasteiger partial charge in [-0.15, -0.1) is 0 Å². The van der Waals surface area contributed by atoms with Crippen LogP contribution in [0, 0.1) is 5.92 Å². The number of rotatable bonds is 3. The van der Waals surface area contributed by atoms with Crippen LogP contribution in [-0.4, -0.2) is 72.3 Å². The SMILES string of the molecule is O=C(C1COC2(CCN(Cc3cccnc3)CC2)C1)N1CCOCC1. The molecular formula is C19H27N3O3. The van der Waals surface area contributed by atoms with Gasteiger partial charge in [-0.25, -0.2) is 0 Å². The topological polar surface area (TPSA) is 54.9 Å². The van der Waals surface area contributed by atoms with Gasteiger partial charge in [0.1, 0.15) is 0 Å². The zero-order valence-corrected chi connectivity index (χ0v) is 14.7. The summed E-state index contributed by atoms with van der Waals surface area (Å²) in [4.78, 5) is 21.3. The zero-order valence-electron chi connectivity index (χ0n) is 14.7. The summed E-state index contributed by atoms with van der Waals surface area (Å²) in [5.41, 5.74) is 1.17. The average molecular weight is 345 g/mol. The van der Waals surface area contributed by atoms with Gasteiger partial charge in [0.25, 0.3) is 0 Å². The van der Waals surface area contributed by atoms with Crippen molar-refractivity contribution in [2.45, 2.75) is 31.4 Å². The number of pyridine rings is 1. The maximum Gasteiger partial charge on any atom is 0.228 e. The maximum absolute atomic E-state index is 12.7. The Morgan fingerprint density at radius 3 is 2.76 bits per heavy atom. The Labute approximate surface area is 149 Å². The van der Waals surface area contributed by atoms with E-state index < -0.39 is 0 Å². The Kier molecular flexibility index (Phi) is 5.01. The van der Waals surface area contributed by atoms with Crippen LogP contribution in [0.5, 0.6) is 0 Å². The van der Waals surface area contributed by atoms with Crippen LogP contribution in [-0.2, 0) is 20.8 Å². The fraction of sp³-hybridized carbons (Fsp3) is 0.684. The predicted molar refractivity (Wildman–Crippen MR) is 92.9 cm³/mol. The summed E-state index contributed by atoms with van der Waals surface area (Å²) in [6.07, 6.45) is 6.66. The van der Waals surface area contributed by atoms with E-state index in [0.29, 0.717) is 19.8 Å². The van der Waals surface area contributed by atoms with Crippen molar-refractivity contribution in [2.24, 2.45) is 5.92 Å². The predicted octanol–water partition coefficient (Wildman–Crippen LogP) is 1.31. The molecule has 3 saturated heterocycles. The molecule has 1 aromatic heterocycles. The van der Waals surface area contributed by atoms with E-state index >= 15 is 0 Å². The first-order valence-electron chi connectivity index (χ1n) is 9.36. The minimum Gasteiger partial charge on any atom is -0.378 e. The molecule has 4 heterocycles. The Morgan fingerprint density at radius 2 is 2.04 bits per heavy atom. The van der Waals surface area contributed by atoms with Crippen LogP contribution in [0.2, 0.25) is 0 Å². The van der Waals surface area contributed by atoms with Gasteiger partial charge in [0.15, 0.2) is 0 Å². The van der Waals surface area contributed by atoms with Crippen molar-refractivity contribution >= 4 is 5.91 Å². The van der Waals surface area contributed by atoms with Crippen molar-refractivity contribution in [2.75, 3.05) is 46.0 Å². The molecular weight excluding hydrogens is 318 g/mol. The molecule has 6 nitrogen and oxygen atoms in total. The molecule has 0 saturated carbocycles. The highest BCUT2D eigenvalue weighted by molar-refractivity contribution is 5.79. The largest absolute Gasteiger partial charge is 0.378 e. The van der Waals surface area contributed by atoms with Gasteiger partial charge < -0.3 is 14.4 Å². The maximum atomic E-state index is 12.7. The summed E-state index contributed by atoms with van der Waals surface area (Å²) in [6.45, 7) is 6.34. The van der Waals surface area contributed by atoms with Gasteiger partial charge in [-0.2, -0.15) is 0 Å². The summed E-state index contributed by atoms with van der Waals surface area (Å²) in [7, 11) is 0. The fourth-order valence-corrected chi connectivity index (χ4v) is 4.26. The summed E-state index contributed by atoms with van der Waals surface area (Å²) >= 11 is 0. The lowest BCUT2D eigenvalue weighted by Crippen LogP contribution is -2.45. The van der Waals surface area contributed by atoms with Crippen LogP contribution < -0.4 is 0 Å². The molecule has 0 aromatic carbocycles. The molecule has 3 aliphatic heterocycles. The normalized spacial score (nSPS) is 26.9. The molecule has 4 rings (SSSR count). The van der Waals surface area contributed by atoms with Crippen LogP contribution in [0.3, 0.4) is 0 Å². The molecule has 0 radical (unpaired) electrons. The van der Waals surface area contributed by atoms with Crippen molar-refractivity contribution in [3.05, 3.63) is 30.1 Å². The molecule has 6 heteroatoms. The number of amides is 1. The van der Waals surface area contributed by atoms with Gasteiger partial charge in [0, 0.05) is 45.1 Å². The van der Waals surface area contributed by atoms with Crippen LogP contribution in [0.4, 0.5) is 0 Å². The fourth-order valence-electron chi connectivity index (χ4n) is 4.26. The number of nitrogens with zero attached hydrogens (tertiary/aromatic N) is 3. The van der Waals surface area contributed by atoms with Gasteiger partial charge in [-0.1, -0.05) is 6.07 Å². The molecule has 3 aliphatic rings. The number of carbonyl (C=O) groups is 1. The molecule has 0 bridgehead atoms. The molecule has 136 valence electrons. The number of hydrogen-bond acceptors (Lipinski definition) is 5. The smallest absolute Gasteiger partial charge is 0.228 e. The monoisotopic (exact) mass is 345 g/mol. The lowest BCUT2D eigenvalue weighted by Gasteiger charge is -2.38. The van der Waals surface area contributed by atoms with Crippen LogP contribution in [0.1, 0.15) is 24.8 Å². The number of aromatic nitrogens is 1. The van der Waals surface area contributed by atoms with E-state index in [9.17, 15) is 4.79 Å². The minimum absolute atomic E-state index is 0.0305. The van der Waals surface area contributed by atoms with Crippen molar-refractivity contribution in [3.63, 3.8) is 0 Å². The first-order valence-corrected chi connectivity index (χ1v) is 9.36. The Hall–Kier alpha value is -1.50. The van der Waals surface area contributed by atoms with E-state index in [4.69, 9.17) is 9.47 Å². The number of carbonyl (C=O) groups excluding carboxylic acids is 1. The Bertz CT molecular complexity index is 581. The lowest BCUT2D eigenvalue weighted by atomic mass is 9.85. The van der Waals surface area contributed by atoms with E-state index in [0.717, 1.165) is 52.0 Å². The first-order chi connectivity index (χ1) is 12.2. The highest BCUT2D eigenvalue weighted by atomic mass is 16.5. The minimum atomic E-state index is -0.0853. The number of likely N-dealkylation sites (tertiary alicyclic amines) is 1. The third-order valence-electron chi connectivity index (χ3n) is 5.78. The number of ether oxygens (including phenoxy) is 2. The molecule has 1 unspecified atom stereocenters. The Balaban J connectivity index is 1.29. The lowest BCUT2D eigenvalue weighted by molar-refractivity contribution is -0.139. The number of hydrogen-bond donors (Lipinski definition) is 0. The van der Waals surface area contributed by atoms with Gasteiger partial charge in [-0.3, -0.25) is 14.7 Å². The second-order valence-corrected chi connectivity index (χ2v) is 7.47. The molecule has 0 N–H and O–H groups in total. The van der Waals surface area contributed by atoms with Crippen molar-refractivity contribution < 1.29 is 14.3 Å². The second kappa shape index (κ2) is 7.40. The highest BCUT2D eigenvalue weighted by Crippen LogP contribution is 2.39. The summed E-state index contributed by atoms with van der Waals surface area (Å²) < 4.78 is 11.5. The quantitative estimate of drug-likeness (QED) is 0.827. The molecule has 3 fully saturated rings. The average Bonchev–Trinajstić information content (AvgIpc) is 3.09. The van der Waals surface area contributed by atoms with E-state index in [1.54, 1.807) is 0 Å². The highest BCUT2D eigenvalue weighted by Gasteiger charge is 2.45. The molecule has 1 atom stereocenters. The first kappa shape index (κ1) is 16.9. The van der Waals surface area contributed by atoms with Crippen LogP contribution in [0.25, 0.3) is 0 Å². The third kappa shape index (κ3) is 3.86. The standard InChI is InChI=1S/C19H27N3O3/c23-18(22-8-10-24-11-9-22)17-12-19(25-15-17)3-6-21(7-4-19)14-16-2-1-5-20-13-16/h1-2,5,13,17H,3-4,6-12,14-15H2.